The molecule has 3 rings (SSSR count). The summed E-state index contributed by atoms with van der Waals surface area (Å²) in [5.74, 6) is 0.0671. The summed E-state index contributed by atoms with van der Waals surface area (Å²) in [5.41, 5.74) is 3.46. The third kappa shape index (κ3) is 5.06. The van der Waals surface area contributed by atoms with Gasteiger partial charge in [-0.25, -0.2) is 0 Å². The van der Waals surface area contributed by atoms with Crippen LogP contribution in [0.4, 0.5) is 11.4 Å². The zero-order valence-electron chi connectivity index (χ0n) is 15.2. The average Bonchev–Trinajstić information content (AvgIpc) is 3.01. The average molecular weight is 359 g/mol. The maximum Gasteiger partial charge on any atom is 0.279 e. The second kappa shape index (κ2) is 8.50. The summed E-state index contributed by atoms with van der Waals surface area (Å²) < 4.78 is 0. The van der Waals surface area contributed by atoms with E-state index in [-0.39, 0.29) is 5.91 Å². The molecule has 0 aliphatic carbocycles. The van der Waals surface area contributed by atoms with E-state index in [1.165, 1.54) is 40.3 Å². The molecule has 1 saturated heterocycles. The third-order valence-corrected chi connectivity index (χ3v) is 5.79. The van der Waals surface area contributed by atoms with Crippen molar-refractivity contribution in [1.82, 2.24) is 0 Å². The van der Waals surface area contributed by atoms with Gasteiger partial charge < -0.3 is 15.1 Å². The third-order valence-electron chi connectivity index (χ3n) is 4.77. The van der Waals surface area contributed by atoms with Gasteiger partial charge in [0.25, 0.3) is 5.91 Å². The number of anilines is 2. The minimum atomic E-state index is 0.0671. The maximum atomic E-state index is 12.3. The van der Waals surface area contributed by atoms with Crippen molar-refractivity contribution in [2.45, 2.75) is 32.7 Å². The molecule has 1 amide bonds. The smallest absolute Gasteiger partial charge is 0.279 e. The SMILES string of the molecule is Cc1ccsc1C[NH+](C)CC(=O)Nc1ccc(N2CCCCC2)cc1. The molecule has 2 aromatic rings. The summed E-state index contributed by atoms with van der Waals surface area (Å²) in [6, 6.07) is 10.4. The first-order valence-electron chi connectivity index (χ1n) is 9.11. The highest BCUT2D eigenvalue weighted by molar-refractivity contribution is 7.10. The van der Waals surface area contributed by atoms with E-state index >= 15 is 0 Å². The number of aryl methyl sites for hydroxylation is 1. The molecule has 25 heavy (non-hydrogen) atoms. The van der Waals surface area contributed by atoms with Crippen molar-refractivity contribution < 1.29 is 9.69 Å². The summed E-state index contributed by atoms with van der Waals surface area (Å²) in [6.07, 6.45) is 3.89. The van der Waals surface area contributed by atoms with Gasteiger partial charge in [-0.3, -0.25) is 4.79 Å². The summed E-state index contributed by atoms with van der Waals surface area (Å²) in [4.78, 5) is 17.3. The Kier molecular flexibility index (Phi) is 6.10. The number of benzene rings is 1. The topological polar surface area (TPSA) is 36.8 Å². The molecular weight excluding hydrogens is 330 g/mol. The number of carbonyl (C=O) groups is 1. The largest absolute Gasteiger partial charge is 0.372 e. The lowest BCUT2D eigenvalue weighted by Crippen LogP contribution is -3.08. The molecule has 0 radical (unpaired) electrons. The second-order valence-corrected chi connectivity index (χ2v) is 7.98. The quantitative estimate of drug-likeness (QED) is 0.833. The molecule has 1 aromatic heterocycles. The molecule has 2 N–H and O–H groups in total. The molecule has 134 valence electrons. The minimum Gasteiger partial charge on any atom is -0.372 e. The highest BCUT2D eigenvalue weighted by Gasteiger charge is 2.14. The maximum absolute atomic E-state index is 12.3. The van der Waals surface area contributed by atoms with Crippen molar-refractivity contribution in [3.8, 4) is 0 Å². The van der Waals surface area contributed by atoms with Crippen LogP contribution in [0.5, 0.6) is 0 Å². The molecule has 4 nitrogen and oxygen atoms in total. The van der Waals surface area contributed by atoms with Crippen molar-refractivity contribution >= 4 is 28.6 Å². The number of amides is 1. The number of nitrogens with one attached hydrogen (secondary N) is 2. The van der Waals surface area contributed by atoms with Crippen LogP contribution in [0.1, 0.15) is 29.7 Å². The van der Waals surface area contributed by atoms with E-state index in [0.29, 0.717) is 6.54 Å². The summed E-state index contributed by atoms with van der Waals surface area (Å²) in [7, 11) is 2.07. The van der Waals surface area contributed by atoms with E-state index in [2.05, 4.69) is 47.8 Å². The lowest BCUT2D eigenvalue weighted by Gasteiger charge is -2.28. The van der Waals surface area contributed by atoms with E-state index in [0.717, 1.165) is 25.3 Å². The molecule has 1 atom stereocenters. The summed E-state index contributed by atoms with van der Waals surface area (Å²) in [6.45, 7) is 5.78. The highest BCUT2D eigenvalue weighted by atomic mass is 32.1. The predicted molar refractivity (Wildman–Crippen MR) is 106 cm³/mol. The lowest BCUT2D eigenvalue weighted by molar-refractivity contribution is -0.884. The van der Waals surface area contributed by atoms with Crippen LogP contribution >= 0.6 is 11.3 Å². The monoisotopic (exact) mass is 358 g/mol. The Morgan fingerprint density at radius 2 is 1.88 bits per heavy atom. The van der Waals surface area contributed by atoms with Gasteiger partial charge in [-0.2, -0.15) is 0 Å². The van der Waals surface area contributed by atoms with Crippen LogP contribution in [0.3, 0.4) is 0 Å². The molecular formula is C20H28N3OS+. The van der Waals surface area contributed by atoms with Gasteiger partial charge in [-0.15, -0.1) is 11.3 Å². The highest BCUT2D eigenvalue weighted by Crippen LogP contribution is 2.21. The number of hydrogen-bond acceptors (Lipinski definition) is 3. The first-order valence-corrected chi connectivity index (χ1v) is 9.99. The summed E-state index contributed by atoms with van der Waals surface area (Å²) >= 11 is 1.77. The molecule has 1 unspecified atom stereocenters. The van der Waals surface area contributed by atoms with E-state index in [9.17, 15) is 4.79 Å². The first kappa shape index (κ1) is 18.0. The van der Waals surface area contributed by atoms with Crippen LogP contribution in [0.25, 0.3) is 0 Å². The predicted octanol–water partition coefficient (Wildman–Crippen LogP) is 2.70. The molecule has 5 heteroatoms. The van der Waals surface area contributed by atoms with E-state index < -0.39 is 0 Å². The number of piperidine rings is 1. The molecule has 1 fully saturated rings. The number of thiophene rings is 1. The fraction of sp³-hybridized carbons (Fsp3) is 0.450. The van der Waals surface area contributed by atoms with Crippen molar-refractivity contribution in [3.05, 3.63) is 46.2 Å². The standard InChI is InChI=1S/C20H27N3OS/c1-16-10-13-25-19(16)14-22(2)15-20(24)21-17-6-8-18(9-7-17)23-11-4-3-5-12-23/h6-10,13H,3-5,11-12,14-15H2,1-2H3,(H,21,24)/p+1. The van der Waals surface area contributed by atoms with Gasteiger partial charge in [0.1, 0.15) is 6.54 Å². The minimum absolute atomic E-state index is 0.0671. The van der Waals surface area contributed by atoms with Gasteiger partial charge in [0.15, 0.2) is 6.54 Å². The Morgan fingerprint density at radius 3 is 2.52 bits per heavy atom. The normalized spacial score (nSPS) is 15.8. The Hall–Kier alpha value is -1.85. The fourth-order valence-corrected chi connectivity index (χ4v) is 4.33. The molecule has 1 aliphatic heterocycles. The van der Waals surface area contributed by atoms with Gasteiger partial charge in [-0.1, -0.05) is 0 Å². The fourth-order valence-electron chi connectivity index (χ4n) is 3.31. The van der Waals surface area contributed by atoms with Gasteiger partial charge in [0, 0.05) is 24.5 Å². The molecule has 0 saturated carbocycles. The van der Waals surface area contributed by atoms with Gasteiger partial charge >= 0.3 is 0 Å². The van der Waals surface area contributed by atoms with Crippen molar-refractivity contribution in [2.75, 3.05) is 36.9 Å². The number of likely N-dealkylation sites (N-methyl/N-ethyl adjacent to an activating group) is 1. The molecule has 2 heterocycles. The van der Waals surface area contributed by atoms with Gasteiger partial charge in [0.2, 0.25) is 0 Å². The molecule has 1 aliphatic rings. The van der Waals surface area contributed by atoms with Crippen LogP contribution in [0.2, 0.25) is 0 Å². The van der Waals surface area contributed by atoms with Crippen molar-refractivity contribution in [2.24, 2.45) is 0 Å². The molecule has 0 spiro atoms. The zero-order chi connectivity index (χ0) is 17.6. The van der Waals surface area contributed by atoms with Crippen LogP contribution in [-0.2, 0) is 11.3 Å². The van der Waals surface area contributed by atoms with Gasteiger partial charge in [-0.05, 0) is 67.5 Å². The van der Waals surface area contributed by atoms with E-state index in [1.807, 2.05) is 12.1 Å². The van der Waals surface area contributed by atoms with Crippen molar-refractivity contribution in [3.63, 3.8) is 0 Å². The zero-order valence-corrected chi connectivity index (χ0v) is 16.0. The van der Waals surface area contributed by atoms with E-state index in [4.69, 9.17) is 0 Å². The van der Waals surface area contributed by atoms with Crippen LogP contribution in [-0.4, -0.2) is 32.6 Å². The van der Waals surface area contributed by atoms with Gasteiger partial charge in [0.05, 0.1) is 11.9 Å². The lowest BCUT2D eigenvalue weighted by atomic mass is 10.1. The Bertz CT molecular complexity index is 689. The Balaban J connectivity index is 1.49. The van der Waals surface area contributed by atoms with Crippen LogP contribution in [0, 0.1) is 6.92 Å². The second-order valence-electron chi connectivity index (χ2n) is 6.98. The van der Waals surface area contributed by atoms with Crippen LogP contribution in [0.15, 0.2) is 35.7 Å². The number of hydrogen-bond donors (Lipinski definition) is 2. The Morgan fingerprint density at radius 1 is 1.16 bits per heavy atom. The molecule has 0 bridgehead atoms. The van der Waals surface area contributed by atoms with Crippen LogP contribution < -0.4 is 15.1 Å². The number of rotatable bonds is 6. The van der Waals surface area contributed by atoms with Crippen molar-refractivity contribution in [1.29, 1.82) is 0 Å². The van der Waals surface area contributed by atoms with E-state index in [1.54, 1.807) is 11.3 Å². The number of quaternary nitrogens is 1. The number of nitrogens with zero attached hydrogens (tertiary/aromatic N) is 1. The summed E-state index contributed by atoms with van der Waals surface area (Å²) in [5, 5.41) is 5.14. The first-order chi connectivity index (χ1) is 12.1. The number of carbonyl (C=O) groups excluding carboxylic acids is 1. The molecule has 1 aromatic carbocycles. The Labute approximate surface area is 154 Å².